The minimum atomic E-state index is -0.274. The molecule has 1 aromatic carbocycles. The average Bonchev–Trinajstić information content (AvgIpc) is 3.32. The number of carbonyl (C=O) groups excluding carboxylic acids is 2. The Morgan fingerprint density at radius 1 is 1.15 bits per heavy atom. The summed E-state index contributed by atoms with van der Waals surface area (Å²) in [6.07, 6.45) is 3.02. The molecule has 1 unspecified atom stereocenters. The van der Waals surface area contributed by atoms with Gasteiger partial charge in [-0.05, 0) is 37.8 Å². The van der Waals surface area contributed by atoms with Crippen molar-refractivity contribution in [3.05, 3.63) is 18.2 Å². The third-order valence-corrected chi connectivity index (χ3v) is 5.16. The van der Waals surface area contributed by atoms with E-state index >= 15 is 0 Å². The van der Waals surface area contributed by atoms with Gasteiger partial charge in [-0.3, -0.25) is 9.59 Å². The minimum absolute atomic E-state index is 0. The first-order valence-corrected chi connectivity index (χ1v) is 8.58. The summed E-state index contributed by atoms with van der Waals surface area (Å²) < 4.78 is 10.3. The van der Waals surface area contributed by atoms with Gasteiger partial charge in [-0.25, -0.2) is 0 Å². The van der Waals surface area contributed by atoms with Crippen LogP contribution in [-0.2, 0) is 9.59 Å². The molecule has 1 atom stereocenters. The first-order chi connectivity index (χ1) is 12.1. The van der Waals surface area contributed by atoms with Gasteiger partial charge in [0.05, 0.1) is 20.8 Å². The quantitative estimate of drug-likeness (QED) is 0.694. The third kappa shape index (κ3) is 4.59. The summed E-state index contributed by atoms with van der Waals surface area (Å²) in [6.45, 7) is 1.91. The molecule has 1 aliphatic heterocycles. The van der Waals surface area contributed by atoms with Crippen LogP contribution >= 0.6 is 12.4 Å². The van der Waals surface area contributed by atoms with E-state index in [0.717, 1.165) is 32.4 Å². The maximum absolute atomic E-state index is 12.3. The second-order valence-electron chi connectivity index (χ2n) is 6.74. The monoisotopic (exact) mass is 383 g/mol. The van der Waals surface area contributed by atoms with Crippen molar-refractivity contribution in [2.75, 3.05) is 39.2 Å². The van der Waals surface area contributed by atoms with Gasteiger partial charge in [0.2, 0.25) is 11.8 Å². The van der Waals surface area contributed by atoms with Crippen molar-refractivity contribution in [1.82, 2.24) is 10.6 Å². The lowest BCUT2D eigenvalue weighted by atomic mass is 9.92. The molecule has 1 spiro atoms. The number of hydrogen-bond donors (Lipinski definition) is 3. The lowest BCUT2D eigenvalue weighted by Crippen LogP contribution is -2.37. The predicted molar refractivity (Wildman–Crippen MR) is 101 cm³/mol. The van der Waals surface area contributed by atoms with Gasteiger partial charge in [0.15, 0.2) is 0 Å². The van der Waals surface area contributed by atoms with Crippen molar-refractivity contribution in [2.45, 2.75) is 19.3 Å². The number of rotatable bonds is 6. The predicted octanol–water partition coefficient (Wildman–Crippen LogP) is 1.57. The van der Waals surface area contributed by atoms with Crippen LogP contribution in [0.15, 0.2) is 18.2 Å². The maximum Gasteiger partial charge on any atom is 0.243 e. The standard InChI is InChI=1S/C18H25N3O4.ClH/c1-24-13-7-12(8-14(9-13)25-2)21-16(22)11-20-17(23)15-10-18(15)3-5-19-6-4-18;/h7-9,15,19H,3-6,10-11H2,1-2H3,(H,20,23)(H,21,22);1H. The smallest absolute Gasteiger partial charge is 0.243 e. The molecule has 0 bridgehead atoms. The molecule has 3 rings (SSSR count). The summed E-state index contributed by atoms with van der Waals surface area (Å²) >= 11 is 0. The van der Waals surface area contributed by atoms with Crippen LogP contribution in [0, 0.1) is 11.3 Å². The van der Waals surface area contributed by atoms with Gasteiger partial charge in [-0.15, -0.1) is 12.4 Å². The van der Waals surface area contributed by atoms with E-state index in [1.54, 1.807) is 32.4 Å². The molecule has 1 aliphatic carbocycles. The Balaban J connectivity index is 0.00000243. The molecule has 2 aliphatic rings. The number of hydrogen-bond acceptors (Lipinski definition) is 5. The topological polar surface area (TPSA) is 88.7 Å². The molecular weight excluding hydrogens is 358 g/mol. The van der Waals surface area contributed by atoms with E-state index in [1.165, 1.54) is 0 Å². The van der Waals surface area contributed by atoms with Crippen molar-refractivity contribution in [1.29, 1.82) is 0 Å². The Hall–Kier alpha value is -1.99. The second kappa shape index (κ2) is 8.60. The van der Waals surface area contributed by atoms with Gasteiger partial charge in [0.25, 0.3) is 0 Å². The first kappa shape index (κ1) is 20.3. The summed E-state index contributed by atoms with van der Waals surface area (Å²) in [6, 6.07) is 5.13. The molecule has 1 aromatic rings. The van der Waals surface area contributed by atoms with E-state index in [-0.39, 0.29) is 42.1 Å². The molecule has 8 heteroatoms. The number of piperidine rings is 1. The fourth-order valence-corrected chi connectivity index (χ4v) is 3.57. The van der Waals surface area contributed by atoms with Crippen molar-refractivity contribution < 1.29 is 19.1 Å². The summed E-state index contributed by atoms with van der Waals surface area (Å²) in [5.41, 5.74) is 0.739. The van der Waals surface area contributed by atoms with Crippen LogP contribution in [0.2, 0.25) is 0 Å². The number of ether oxygens (including phenoxy) is 2. The summed E-state index contributed by atoms with van der Waals surface area (Å²) in [5, 5.41) is 8.83. The Morgan fingerprint density at radius 2 is 1.77 bits per heavy atom. The van der Waals surface area contributed by atoms with Gasteiger partial charge < -0.3 is 25.4 Å². The number of anilines is 1. The fraction of sp³-hybridized carbons (Fsp3) is 0.556. The van der Waals surface area contributed by atoms with E-state index < -0.39 is 0 Å². The van der Waals surface area contributed by atoms with Gasteiger partial charge in [-0.1, -0.05) is 0 Å². The van der Waals surface area contributed by atoms with Gasteiger partial charge in [0.1, 0.15) is 11.5 Å². The molecule has 144 valence electrons. The van der Waals surface area contributed by atoms with E-state index in [1.807, 2.05) is 0 Å². The molecule has 2 amide bonds. The Kier molecular flexibility index (Phi) is 6.72. The molecule has 3 N–H and O–H groups in total. The molecule has 0 radical (unpaired) electrons. The van der Waals surface area contributed by atoms with Crippen molar-refractivity contribution in [2.24, 2.45) is 11.3 Å². The molecule has 26 heavy (non-hydrogen) atoms. The average molecular weight is 384 g/mol. The lowest BCUT2D eigenvalue weighted by molar-refractivity contribution is -0.125. The zero-order valence-corrected chi connectivity index (χ0v) is 15.9. The highest BCUT2D eigenvalue weighted by atomic mass is 35.5. The van der Waals surface area contributed by atoms with Crippen LogP contribution in [-0.4, -0.2) is 45.7 Å². The summed E-state index contributed by atoms with van der Waals surface area (Å²) in [7, 11) is 3.10. The second-order valence-corrected chi connectivity index (χ2v) is 6.74. The molecule has 1 saturated carbocycles. The summed E-state index contributed by atoms with van der Waals surface area (Å²) in [4.78, 5) is 24.4. The number of amides is 2. The van der Waals surface area contributed by atoms with Gasteiger partial charge in [-0.2, -0.15) is 0 Å². The maximum atomic E-state index is 12.3. The molecule has 1 saturated heterocycles. The van der Waals surface area contributed by atoms with Crippen LogP contribution in [0.25, 0.3) is 0 Å². The van der Waals surface area contributed by atoms with Crippen molar-refractivity contribution >= 4 is 29.9 Å². The number of halogens is 1. The molecule has 2 fully saturated rings. The minimum Gasteiger partial charge on any atom is -0.497 e. The molecule has 0 aromatic heterocycles. The molecule has 7 nitrogen and oxygen atoms in total. The zero-order valence-electron chi connectivity index (χ0n) is 15.1. The Morgan fingerprint density at radius 3 is 2.35 bits per heavy atom. The highest BCUT2D eigenvalue weighted by Gasteiger charge is 2.57. The van der Waals surface area contributed by atoms with E-state index in [4.69, 9.17) is 9.47 Å². The molecule has 1 heterocycles. The Bertz CT molecular complexity index is 640. The molecular formula is C18H26ClN3O4. The highest BCUT2D eigenvalue weighted by Crippen LogP contribution is 2.58. The number of benzene rings is 1. The largest absolute Gasteiger partial charge is 0.497 e. The van der Waals surface area contributed by atoms with Crippen LogP contribution in [0.1, 0.15) is 19.3 Å². The number of carbonyl (C=O) groups is 2. The zero-order chi connectivity index (χ0) is 17.9. The number of methoxy groups -OCH3 is 2. The van der Waals surface area contributed by atoms with Crippen LogP contribution in [0.5, 0.6) is 11.5 Å². The highest BCUT2D eigenvalue weighted by molar-refractivity contribution is 5.95. The SMILES string of the molecule is COc1cc(NC(=O)CNC(=O)C2CC23CCNCC3)cc(OC)c1.Cl. The van der Waals surface area contributed by atoms with E-state index in [0.29, 0.717) is 17.2 Å². The van der Waals surface area contributed by atoms with Crippen LogP contribution in [0.3, 0.4) is 0 Å². The van der Waals surface area contributed by atoms with Crippen LogP contribution < -0.4 is 25.4 Å². The van der Waals surface area contributed by atoms with E-state index in [2.05, 4.69) is 16.0 Å². The number of nitrogens with one attached hydrogen (secondary N) is 3. The lowest BCUT2D eigenvalue weighted by Gasteiger charge is -2.23. The van der Waals surface area contributed by atoms with E-state index in [9.17, 15) is 9.59 Å². The van der Waals surface area contributed by atoms with Crippen molar-refractivity contribution in [3.63, 3.8) is 0 Å². The normalized spacial score (nSPS) is 19.8. The fourth-order valence-electron chi connectivity index (χ4n) is 3.57. The third-order valence-electron chi connectivity index (χ3n) is 5.16. The van der Waals surface area contributed by atoms with Gasteiger partial charge in [0, 0.05) is 29.8 Å². The summed E-state index contributed by atoms with van der Waals surface area (Å²) in [5.74, 6) is 0.942. The van der Waals surface area contributed by atoms with Gasteiger partial charge >= 0.3 is 0 Å². The van der Waals surface area contributed by atoms with Crippen molar-refractivity contribution in [3.8, 4) is 11.5 Å². The first-order valence-electron chi connectivity index (χ1n) is 8.58. The van der Waals surface area contributed by atoms with Crippen LogP contribution in [0.4, 0.5) is 5.69 Å². The Labute approximate surface area is 159 Å².